The zero-order chi connectivity index (χ0) is 37.9. The fraction of sp³-hybridized carbons (Fsp3) is 0.583. The van der Waals surface area contributed by atoms with Crippen LogP contribution in [0.3, 0.4) is 0 Å². The summed E-state index contributed by atoms with van der Waals surface area (Å²) in [5, 5.41) is 8.94. The Balaban J connectivity index is 1.33. The third-order valence-electron chi connectivity index (χ3n) is 10.5. The Morgan fingerprint density at radius 3 is 2.38 bits per heavy atom. The fourth-order valence-corrected chi connectivity index (χ4v) is 9.38. The number of hydrogen-bond acceptors (Lipinski definition) is 11. The first-order valence-corrected chi connectivity index (χ1v) is 20.3. The molecular formula is C36H49BN6O7S2. The van der Waals surface area contributed by atoms with Crippen molar-refractivity contribution in [1.29, 1.82) is 0 Å². The highest BCUT2D eigenvalue weighted by molar-refractivity contribution is 7.91. The van der Waals surface area contributed by atoms with E-state index in [0.717, 1.165) is 21.7 Å². The first-order valence-electron chi connectivity index (χ1n) is 17.9. The van der Waals surface area contributed by atoms with Gasteiger partial charge in [0.05, 0.1) is 36.2 Å². The van der Waals surface area contributed by atoms with E-state index in [9.17, 15) is 22.8 Å². The van der Waals surface area contributed by atoms with Crippen LogP contribution in [0.15, 0.2) is 23.6 Å². The van der Waals surface area contributed by atoms with E-state index < -0.39 is 56.2 Å². The molecule has 2 aromatic heterocycles. The van der Waals surface area contributed by atoms with Gasteiger partial charge in [-0.15, -0.1) is 11.3 Å². The van der Waals surface area contributed by atoms with E-state index in [1.165, 1.54) is 16.2 Å². The average molecular weight is 753 g/mol. The molecule has 3 aliphatic rings. The molecule has 2 aliphatic carbocycles. The standard InChI is InChI=1S/C36H49BN6O7S2/c1-18(2)25-17-51-32(39-25)24-14-28(23-11-12-27(49-8)20(4)29(23)38-24)50-21-13-26(43(16-21)33(45)30(41-37)35(5,6)7)31(44)40-36(15-19(36)3)34(46)42-52(47,48)22-9-10-22/h11-12,14,17-19,21-22,26,30,41H,9-10,13,15-16,37H2,1-8H3,(H,40,44)(H,42,46)/t19-,21-,26+,30?,36-/m1/s1. The maximum Gasteiger partial charge on any atom is 0.259 e. The number of amides is 3. The number of nitrogens with one attached hydrogen (secondary N) is 3. The molecule has 280 valence electrons. The first kappa shape index (κ1) is 38.0. The van der Waals surface area contributed by atoms with Crippen molar-refractivity contribution in [2.75, 3.05) is 13.7 Å². The van der Waals surface area contributed by atoms with Crippen LogP contribution >= 0.6 is 11.3 Å². The molecule has 1 saturated heterocycles. The summed E-state index contributed by atoms with van der Waals surface area (Å²) in [6.45, 7) is 13.8. The number of sulfonamides is 1. The highest BCUT2D eigenvalue weighted by Crippen LogP contribution is 2.45. The van der Waals surface area contributed by atoms with Gasteiger partial charge in [-0.1, -0.05) is 41.5 Å². The molecule has 3 aromatic rings. The highest BCUT2D eigenvalue weighted by Gasteiger charge is 2.61. The molecule has 1 aliphatic heterocycles. The van der Waals surface area contributed by atoms with Crippen LogP contribution < -0.4 is 24.7 Å². The number of rotatable bonds is 12. The molecule has 1 unspecified atom stereocenters. The predicted octanol–water partition coefficient (Wildman–Crippen LogP) is 3.20. The molecule has 0 spiro atoms. The van der Waals surface area contributed by atoms with Crippen molar-refractivity contribution in [3.63, 3.8) is 0 Å². The molecule has 0 bridgehead atoms. The van der Waals surface area contributed by atoms with E-state index in [4.69, 9.17) is 19.4 Å². The largest absolute Gasteiger partial charge is 0.496 e. The van der Waals surface area contributed by atoms with E-state index in [1.54, 1.807) is 22.0 Å². The van der Waals surface area contributed by atoms with Gasteiger partial charge < -0.3 is 24.9 Å². The van der Waals surface area contributed by atoms with Gasteiger partial charge in [0.25, 0.3) is 5.91 Å². The van der Waals surface area contributed by atoms with Gasteiger partial charge in [-0.2, -0.15) is 0 Å². The summed E-state index contributed by atoms with van der Waals surface area (Å²) in [6.07, 6.45) is 0.840. The molecule has 1 aromatic carbocycles. The molecule has 3 N–H and O–H groups in total. The van der Waals surface area contributed by atoms with E-state index in [0.29, 0.717) is 35.6 Å². The lowest BCUT2D eigenvalue weighted by atomic mass is 9.84. The van der Waals surface area contributed by atoms with Crippen molar-refractivity contribution in [3.05, 3.63) is 34.8 Å². The van der Waals surface area contributed by atoms with E-state index in [1.807, 2.05) is 51.3 Å². The van der Waals surface area contributed by atoms with Crippen molar-refractivity contribution in [2.24, 2.45) is 11.3 Å². The van der Waals surface area contributed by atoms with Crippen LogP contribution in [0.5, 0.6) is 11.5 Å². The van der Waals surface area contributed by atoms with Crippen LogP contribution in [-0.4, -0.2) is 91.6 Å². The molecule has 3 amide bonds. The molecule has 16 heteroatoms. The molecular weight excluding hydrogens is 703 g/mol. The fourth-order valence-electron chi connectivity index (χ4n) is 7.08. The molecule has 13 nitrogen and oxygen atoms in total. The van der Waals surface area contributed by atoms with Gasteiger partial charge in [0.2, 0.25) is 21.8 Å². The molecule has 3 fully saturated rings. The molecule has 6 rings (SSSR count). The Kier molecular flexibility index (Phi) is 10.2. The average Bonchev–Trinajstić information content (AvgIpc) is 3.92. The van der Waals surface area contributed by atoms with Crippen LogP contribution in [0.1, 0.15) is 84.4 Å². The highest BCUT2D eigenvalue weighted by atomic mass is 32.2. The van der Waals surface area contributed by atoms with Gasteiger partial charge >= 0.3 is 0 Å². The smallest absolute Gasteiger partial charge is 0.259 e. The number of carbonyl (C=O) groups excluding carboxylic acids is 3. The van der Waals surface area contributed by atoms with Crippen LogP contribution in [0.4, 0.5) is 0 Å². The number of nitrogens with zero attached hydrogens (tertiary/aromatic N) is 3. The van der Waals surface area contributed by atoms with E-state index in [-0.39, 0.29) is 37.1 Å². The van der Waals surface area contributed by atoms with Crippen LogP contribution in [-0.2, 0) is 24.4 Å². The molecule has 3 heterocycles. The van der Waals surface area contributed by atoms with Gasteiger partial charge in [-0.3, -0.25) is 19.1 Å². The number of hydrogen-bond donors (Lipinski definition) is 3. The number of likely N-dealkylation sites (tertiary alicyclic amines) is 1. The number of carbonyl (C=O) groups is 3. The minimum Gasteiger partial charge on any atom is -0.496 e. The Bertz CT molecular complexity index is 2010. The Hall–Kier alpha value is -3.76. The normalized spacial score (nSPS) is 23.8. The Labute approximate surface area is 310 Å². The van der Waals surface area contributed by atoms with Crippen LogP contribution in [0.25, 0.3) is 21.6 Å². The topological polar surface area (TPSA) is 169 Å². The lowest BCUT2D eigenvalue weighted by molar-refractivity contribution is -0.142. The van der Waals surface area contributed by atoms with Crippen molar-refractivity contribution in [1.82, 2.24) is 30.1 Å². The predicted molar refractivity (Wildman–Crippen MR) is 202 cm³/mol. The number of thiazole rings is 1. The molecule has 5 atom stereocenters. The second-order valence-corrected chi connectivity index (χ2v) is 18.7. The van der Waals surface area contributed by atoms with Crippen molar-refractivity contribution in [3.8, 4) is 22.2 Å². The van der Waals surface area contributed by atoms with Gasteiger partial charge in [0.15, 0.2) is 7.98 Å². The number of fused-ring (bicyclic) bond motifs is 1. The number of benzene rings is 1. The SMILES string of the molecule is BNC(C(=O)N1C[C@H](Oc2cc(-c3nc(C(C)C)cs3)nc3c(C)c(OC)ccc23)C[C@H]1C(=O)N[C@]1(C(=O)NS(=O)(=O)C2CC2)C[C@H]1C)C(C)(C)C. The number of aromatic nitrogens is 2. The number of pyridine rings is 1. The Morgan fingerprint density at radius 1 is 1.13 bits per heavy atom. The van der Waals surface area contributed by atoms with Crippen molar-refractivity contribution < 1.29 is 32.3 Å². The maximum absolute atomic E-state index is 14.2. The monoisotopic (exact) mass is 752 g/mol. The summed E-state index contributed by atoms with van der Waals surface area (Å²) in [4.78, 5) is 53.2. The van der Waals surface area contributed by atoms with Gasteiger partial charge in [-0.05, 0) is 55.6 Å². The summed E-state index contributed by atoms with van der Waals surface area (Å²) in [5.74, 6) is -0.376. The van der Waals surface area contributed by atoms with Crippen LogP contribution in [0, 0.1) is 18.3 Å². The zero-order valence-corrected chi connectivity index (χ0v) is 33.0. The minimum absolute atomic E-state index is 0.110. The lowest BCUT2D eigenvalue weighted by Crippen LogP contribution is -2.59. The summed E-state index contributed by atoms with van der Waals surface area (Å²) in [7, 11) is -0.498. The second kappa shape index (κ2) is 13.9. The third-order valence-corrected chi connectivity index (χ3v) is 13.2. The van der Waals surface area contributed by atoms with Gasteiger partial charge in [0, 0.05) is 28.8 Å². The number of aryl methyl sites for hydroxylation is 1. The summed E-state index contributed by atoms with van der Waals surface area (Å²) in [5.41, 5.74) is 1.26. The number of methoxy groups -OCH3 is 1. The first-order chi connectivity index (χ1) is 24.4. The summed E-state index contributed by atoms with van der Waals surface area (Å²) in [6, 6.07) is 4.01. The minimum atomic E-state index is -3.82. The van der Waals surface area contributed by atoms with E-state index >= 15 is 0 Å². The lowest BCUT2D eigenvalue weighted by Gasteiger charge is -2.35. The Morgan fingerprint density at radius 2 is 1.83 bits per heavy atom. The second-order valence-electron chi connectivity index (χ2n) is 15.8. The quantitative estimate of drug-likeness (QED) is 0.234. The van der Waals surface area contributed by atoms with Crippen LogP contribution in [0.2, 0.25) is 0 Å². The molecule has 0 radical (unpaired) electrons. The number of ether oxygens (including phenoxy) is 2. The molecule has 2 saturated carbocycles. The zero-order valence-electron chi connectivity index (χ0n) is 31.3. The van der Waals surface area contributed by atoms with Gasteiger partial charge in [-0.25, -0.2) is 18.4 Å². The van der Waals surface area contributed by atoms with Crippen molar-refractivity contribution >= 4 is 58.0 Å². The third kappa shape index (κ3) is 7.25. The van der Waals surface area contributed by atoms with Gasteiger partial charge in [0.1, 0.15) is 39.9 Å². The summed E-state index contributed by atoms with van der Waals surface area (Å²) < 4.78 is 39.9. The summed E-state index contributed by atoms with van der Waals surface area (Å²) >= 11 is 1.50. The maximum atomic E-state index is 14.2. The van der Waals surface area contributed by atoms with Crippen molar-refractivity contribution in [2.45, 2.75) is 109 Å². The molecule has 52 heavy (non-hydrogen) atoms. The van der Waals surface area contributed by atoms with E-state index in [2.05, 4.69) is 29.1 Å².